The van der Waals surface area contributed by atoms with E-state index in [4.69, 9.17) is 9.15 Å². The summed E-state index contributed by atoms with van der Waals surface area (Å²) in [6, 6.07) is 15.6. The minimum Gasteiger partial charge on any atom is -0.463 e. The third-order valence-electron chi connectivity index (χ3n) is 5.24. The predicted molar refractivity (Wildman–Crippen MR) is 95.8 cm³/mol. The molecule has 1 aromatic carbocycles. The summed E-state index contributed by atoms with van der Waals surface area (Å²) >= 11 is 0. The second kappa shape index (κ2) is 7.12. The van der Waals surface area contributed by atoms with Gasteiger partial charge in [-0.3, -0.25) is 0 Å². The van der Waals surface area contributed by atoms with Crippen LogP contribution in [0.15, 0.2) is 53.1 Å². The fourth-order valence-corrected chi connectivity index (χ4v) is 4.25. The number of furan rings is 1. The first-order valence-corrected chi connectivity index (χ1v) is 9.04. The van der Waals surface area contributed by atoms with Gasteiger partial charge < -0.3 is 14.5 Å². The molecule has 1 aromatic heterocycles. The highest BCUT2D eigenvalue weighted by molar-refractivity contribution is 5.27. The molecule has 130 valence electrons. The fourth-order valence-electron chi connectivity index (χ4n) is 4.25. The van der Waals surface area contributed by atoms with Crippen molar-refractivity contribution in [3.63, 3.8) is 0 Å². The summed E-state index contributed by atoms with van der Waals surface area (Å²) in [5.74, 6) is 1.04. The summed E-state index contributed by atoms with van der Waals surface area (Å²) in [6.45, 7) is 8.52. The van der Waals surface area contributed by atoms with E-state index in [0.717, 1.165) is 38.2 Å². The topological polar surface area (TPSA) is 39.0 Å². The molecule has 0 radical (unpaired) electrons. The van der Waals surface area contributed by atoms with Crippen LogP contribution in [0.25, 0.3) is 0 Å². The average Bonchev–Trinajstić information content (AvgIpc) is 3.06. The average molecular weight is 328 g/mol. The van der Waals surface area contributed by atoms with Gasteiger partial charge in [0.25, 0.3) is 0 Å². The molecule has 0 saturated carbocycles. The molecule has 0 bridgehead atoms. The van der Waals surface area contributed by atoms with Crippen molar-refractivity contribution in [3.05, 3.63) is 60.1 Å². The maximum absolute atomic E-state index is 6.02. The van der Waals surface area contributed by atoms with E-state index in [2.05, 4.69) is 56.4 Å². The van der Waals surface area contributed by atoms with Crippen LogP contribution in [-0.4, -0.2) is 18.2 Å². The Balaban J connectivity index is 1.75. The van der Waals surface area contributed by atoms with Gasteiger partial charge >= 0.3 is 0 Å². The normalized spacial score (nSPS) is 24.6. The Kier molecular flexibility index (Phi) is 5.12. The van der Waals surface area contributed by atoms with E-state index in [1.54, 1.807) is 6.26 Å². The van der Waals surface area contributed by atoms with Crippen molar-refractivity contribution in [2.45, 2.75) is 63.6 Å². The zero-order chi connectivity index (χ0) is 17.0. The van der Waals surface area contributed by atoms with Crippen LogP contribution >= 0.6 is 0 Å². The standard InChI is InChI=1S/C21H29NO2/c1-17(22-15-19-10-7-12-23-19)14-21(18-8-5-4-6-9-18)11-13-24-20(2,3)16-21/h4-10,12,17,22H,11,13-16H2,1-3H3/p+1/t17-,21-/m1/s1. The van der Waals surface area contributed by atoms with E-state index in [1.807, 2.05) is 12.1 Å². The lowest BCUT2D eigenvalue weighted by Gasteiger charge is -2.46. The van der Waals surface area contributed by atoms with Crippen molar-refractivity contribution in [1.82, 2.24) is 0 Å². The molecular weight excluding hydrogens is 298 g/mol. The van der Waals surface area contributed by atoms with Crippen LogP contribution in [-0.2, 0) is 16.7 Å². The van der Waals surface area contributed by atoms with Gasteiger partial charge in [0.2, 0.25) is 0 Å². The monoisotopic (exact) mass is 328 g/mol. The molecule has 3 rings (SSSR count). The van der Waals surface area contributed by atoms with Gasteiger partial charge in [-0.2, -0.15) is 0 Å². The Morgan fingerprint density at radius 3 is 2.58 bits per heavy atom. The summed E-state index contributed by atoms with van der Waals surface area (Å²) < 4.78 is 11.5. The number of benzene rings is 1. The molecular formula is C21H30NO2+. The minimum atomic E-state index is -0.0607. The van der Waals surface area contributed by atoms with Crippen LogP contribution in [0, 0.1) is 0 Å². The third-order valence-corrected chi connectivity index (χ3v) is 5.24. The van der Waals surface area contributed by atoms with Crippen molar-refractivity contribution in [2.75, 3.05) is 6.61 Å². The first-order chi connectivity index (χ1) is 11.5. The molecule has 2 heterocycles. The lowest BCUT2D eigenvalue weighted by atomic mass is 9.66. The number of ether oxygens (including phenoxy) is 1. The van der Waals surface area contributed by atoms with Crippen molar-refractivity contribution in [3.8, 4) is 0 Å². The molecule has 1 fully saturated rings. The molecule has 24 heavy (non-hydrogen) atoms. The van der Waals surface area contributed by atoms with Gasteiger partial charge in [-0.05, 0) is 51.3 Å². The molecule has 2 atom stereocenters. The Morgan fingerprint density at radius 1 is 1.12 bits per heavy atom. The van der Waals surface area contributed by atoms with Crippen molar-refractivity contribution in [2.24, 2.45) is 0 Å². The van der Waals surface area contributed by atoms with Crippen LogP contribution in [0.4, 0.5) is 0 Å². The zero-order valence-corrected chi connectivity index (χ0v) is 15.1. The molecule has 1 saturated heterocycles. The Hall–Kier alpha value is -1.58. The molecule has 0 spiro atoms. The fraction of sp³-hybridized carbons (Fsp3) is 0.524. The van der Waals surface area contributed by atoms with Gasteiger partial charge in [0.05, 0.1) is 17.9 Å². The van der Waals surface area contributed by atoms with Crippen LogP contribution in [0.3, 0.4) is 0 Å². The molecule has 1 aliphatic heterocycles. The van der Waals surface area contributed by atoms with E-state index < -0.39 is 0 Å². The Morgan fingerprint density at radius 2 is 1.92 bits per heavy atom. The summed E-state index contributed by atoms with van der Waals surface area (Å²) in [5.41, 5.74) is 1.59. The van der Waals surface area contributed by atoms with Gasteiger partial charge in [0, 0.05) is 18.4 Å². The van der Waals surface area contributed by atoms with Crippen LogP contribution in [0.2, 0.25) is 0 Å². The van der Waals surface area contributed by atoms with Crippen molar-refractivity contribution < 1.29 is 14.5 Å². The van der Waals surface area contributed by atoms with Gasteiger partial charge in [-0.15, -0.1) is 0 Å². The highest BCUT2D eigenvalue weighted by atomic mass is 16.5. The van der Waals surface area contributed by atoms with Gasteiger partial charge in [-0.1, -0.05) is 30.3 Å². The number of hydrogen-bond acceptors (Lipinski definition) is 2. The summed E-state index contributed by atoms with van der Waals surface area (Å²) in [6.07, 6.45) is 5.08. The molecule has 0 aliphatic carbocycles. The molecule has 0 unspecified atom stereocenters. The lowest BCUT2D eigenvalue weighted by molar-refractivity contribution is -0.704. The number of nitrogens with two attached hydrogens (primary N) is 1. The summed E-state index contributed by atoms with van der Waals surface area (Å²) in [4.78, 5) is 0. The van der Waals surface area contributed by atoms with E-state index >= 15 is 0 Å². The highest BCUT2D eigenvalue weighted by Crippen LogP contribution is 2.44. The van der Waals surface area contributed by atoms with E-state index in [0.29, 0.717) is 6.04 Å². The first-order valence-electron chi connectivity index (χ1n) is 9.04. The van der Waals surface area contributed by atoms with E-state index in [9.17, 15) is 0 Å². The SMILES string of the molecule is C[C@H](C[C@]1(c2ccccc2)CCOC(C)(C)C1)[NH2+]Cc1ccco1. The Bertz CT molecular complexity index is 621. The van der Waals surface area contributed by atoms with E-state index in [1.165, 1.54) is 5.56 Å². The number of rotatable bonds is 6. The second-order valence-electron chi connectivity index (χ2n) is 7.88. The smallest absolute Gasteiger partial charge is 0.157 e. The molecule has 2 aromatic rings. The highest BCUT2D eigenvalue weighted by Gasteiger charge is 2.43. The van der Waals surface area contributed by atoms with E-state index in [-0.39, 0.29) is 11.0 Å². The maximum Gasteiger partial charge on any atom is 0.157 e. The van der Waals surface area contributed by atoms with Crippen molar-refractivity contribution in [1.29, 1.82) is 0 Å². The summed E-state index contributed by atoms with van der Waals surface area (Å²) in [5, 5.41) is 2.39. The molecule has 1 aliphatic rings. The van der Waals surface area contributed by atoms with Gasteiger partial charge in [-0.25, -0.2) is 0 Å². The van der Waals surface area contributed by atoms with Crippen molar-refractivity contribution >= 4 is 0 Å². The Labute approximate surface area is 145 Å². The van der Waals surface area contributed by atoms with Gasteiger partial charge in [0.15, 0.2) is 5.76 Å². The number of quaternary nitrogens is 1. The molecule has 0 amide bonds. The maximum atomic E-state index is 6.02. The predicted octanol–water partition coefficient (Wildman–Crippen LogP) is 3.65. The minimum absolute atomic E-state index is 0.0607. The molecule has 3 nitrogen and oxygen atoms in total. The third kappa shape index (κ3) is 4.08. The van der Waals surface area contributed by atoms with Gasteiger partial charge in [0.1, 0.15) is 6.54 Å². The lowest BCUT2D eigenvalue weighted by Crippen LogP contribution is -2.88. The molecule has 3 heteroatoms. The largest absolute Gasteiger partial charge is 0.463 e. The van der Waals surface area contributed by atoms with Crippen LogP contribution in [0.1, 0.15) is 51.4 Å². The quantitative estimate of drug-likeness (QED) is 0.879. The first kappa shape index (κ1) is 17.2. The van der Waals surface area contributed by atoms with Crippen LogP contribution < -0.4 is 5.32 Å². The molecule has 2 N–H and O–H groups in total. The van der Waals surface area contributed by atoms with Crippen LogP contribution in [0.5, 0.6) is 0 Å². The number of hydrogen-bond donors (Lipinski definition) is 1. The second-order valence-corrected chi connectivity index (χ2v) is 7.88. The summed E-state index contributed by atoms with van der Waals surface area (Å²) in [7, 11) is 0. The zero-order valence-electron chi connectivity index (χ0n) is 15.1.